The van der Waals surface area contributed by atoms with E-state index in [0.717, 1.165) is 11.1 Å². The van der Waals surface area contributed by atoms with Crippen molar-refractivity contribution in [2.45, 2.75) is 62.1 Å². The minimum absolute atomic E-state index is 0.159. The fourth-order valence-corrected chi connectivity index (χ4v) is 7.11. The van der Waals surface area contributed by atoms with Gasteiger partial charge >= 0.3 is 12.1 Å². The Morgan fingerprint density at radius 1 is 0.977 bits per heavy atom. The van der Waals surface area contributed by atoms with Crippen molar-refractivity contribution in [2.24, 2.45) is 0 Å². The van der Waals surface area contributed by atoms with Gasteiger partial charge in [0.1, 0.15) is 23.1 Å². The second kappa shape index (κ2) is 12.8. The van der Waals surface area contributed by atoms with Crippen LogP contribution in [0.25, 0.3) is 0 Å². The number of nitrogens with zero attached hydrogens (tertiary/aromatic N) is 1. The molecule has 0 saturated carbocycles. The van der Waals surface area contributed by atoms with Crippen LogP contribution in [0.4, 0.5) is 4.79 Å². The summed E-state index contributed by atoms with van der Waals surface area (Å²) in [6.45, 7) is 5.14. The third kappa shape index (κ3) is 6.87. The Labute approximate surface area is 257 Å². The summed E-state index contributed by atoms with van der Waals surface area (Å²) in [5.74, 6) is -1.70. The van der Waals surface area contributed by atoms with Crippen LogP contribution in [0, 0.1) is 0 Å². The van der Waals surface area contributed by atoms with Crippen molar-refractivity contribution < 1.29 is 33.8 Å². The number of hydrogen-bond donors (Lipinski definition) is 3. The van der Waals surface area contributed by atoms with Crippen LogP contribution in [-0.2, 0) is 23.9 Å². The molecule has 2 aromatic carbocycles. The number of carbonyl (C=O) groups excluding carboxylic acids is 4. The predicted octanol–water partition coefficient (Wildman–Crippen LogP) is 3.78. The highest BCUT2D eigenvalue weighted by molar-refractivity contribution is 8.00. The summed E-state index contributed by atoms with van der Waals surface area (Å²) in [6, 6.07) is 18.6. The Morgan fingerprint density at radius 3 is 2.16 bits per heavy atom. The van der Waals surface area contributed by atoms with E-state index in [0.29, 0.717) is 4.88 Å². The number of esters is 1. The Balaban J connectivity index is 1.30. The van der Waals surface area contributed by atoms with Crippen LogP contribution < -0.4 is 10.6 Å². The molecule has 5 rings (SSSR count). The summed E-state index contributed by atoms with van der Waals surface area (Å²) in [7, 11) is 0. The molecule has 2 saturated heterocycles. The van der Waals surface area contributed by atoms with E-state index in [9.17, 15) is 24.3 Å². The van der Waals surface area contributed by atoms with E-state index in [1.54, 1.807) is 38.3 Å². The number of alkyl carbamates (subject to hydrolysis) is 1. The highest BCUT2D eigenvalue weighted by Gasteiger charge is 2.58. The molecule has 0 bridgehead atoms. The fourth-order valence-electron chi connectivity index (χ4n) is 4.99. The number of fused-ring (bicyclic) bond motifs is 1. The van der Waals surface area contributed by atoms with Gasteiger partial charge in [0.15, 0.2) is 12.1 Å². The quantitative estimate of drug-likeness (QED) is 0.255. The average Bonchev–Trinajstić information content (AvgIpc) is 3.52. The first kappa shape index (κ1) is 30.6. The monoisotopic (exact) mass is 623 g/mol. The van der Waals surface area contributed by atoms with Gasteiger partial charge in [-0.05, 0) is 43.3 Å². The van der Waals surface area contributed by atoms with E-state index < -0.39 is 65.2 Å². The van der Waals surface area contributed by atoms with E-state index in [2.05, 4.69) is 10.6 Å². The number of thiophene rings is 1. The van der Waals surface area contributed by atoms with Crippen molar-refractivity contribution in [2.75, 3.05) is 5.75 Å². The van der Waals surface area contributed by atoms with Gasteiger partial charge in [0.25, 0.3) is 0 Å². The van der Waals surface area contributed by atoms with Crippen LogP contribution >= 0.6 is 23.1 Å². The lowest BCUT2D eigenvalue weighted by atomic mass is 9.98. The van der Waals surface area contributed by atoms with E-state index in [4.69, 9.17) is 9.47 Å². The molecule has 3 heterocycles. The van der Waals surface area contributed by atoms with Crippen LogP contribution in [0.15, 0.2) is 78.2 Å². The van der Waals surface area contributed by atoms with E-state index in [1.807, 2.05) is 60.7 Å². The van der Waals surface area contributed by atoms with Crippen LogP contribution in [0.5, 0.6) is 0 Å². The summed E-state index contributed by atoms with van der Waals surface area (Å²) in [5, 5.41) is 17.3. The molecule has 3 aromatic rings. The maximum atomic E-state index is 13.6. The number of benzene rings is 2. The molecule has 226 valence electrons. The van der Waals surface area contributed by atoms with Crippen LogP contribution in [0.3, 0.4) is 0 Å². The molecule has 2 aliphatic rings. The van der Waals surface area contributed by atoms with Gasteiger partial charge in [-0.2, -0.15) is 0 Å². The molecule has 3 amide bonds. The van der Waals surface area contributed by atoms with Crippen molar-refractivity contribution in [1.29, 1.82) is 0 Å². The summed E-state index contributed by atoms with van der Waals surface area (Å²) >= 11 is 2.54. The lowest BCUT2D eigenvalue weighted by molar-refractivity contribution is -0.173. The number of β-lactam (4-membered cyclic amide) rings is 1. The summed E-state index contributed by atoms with van der Waals surface area (Å²) in [6.07, 6.45) is -2.67. The number of thioether (sulfide) groups is 1. The van der Waals surface area contributed by atoms with Gasteiger partial charge in [-0.1, -0.05) is 66.7 Å². The van der Waals surface area contributed by atoms with Gasteiger partial charge in [0.05, 0.1) is 6.10 Å². The standard InChI is InChI=1S/C31H33N3O7S2/c1-31(2,3)41-30(39)33-22(21-15-10-16-42-21)26(36)32-23-27(37)34-24(20(35)17-43-28(23)34)29(38)40-25(18-11-6-4-7-12-18)19-13-8-5-9-14-19/h4-16,20,22-25,28,35H,17H2,1-3H3,(H,32,36)(H,33,39)/t20?,22?,23-,24-,28+/m1/s1. The Bertz CT molecular complexity index is 1410. The summed E-state index contributed by atoms with van der Waals surface area (Å²) < 4.78 is 11.3. The van der Waals surface area contributed by atoms with Crippen LogP contribution in [0.1, 0.15) is 48.9 Å². The van der Waals surface area contributed by atoms with Gasteiger partial charge in [-0.25, -0.2) is 9.59 Å². The van der Waals surface area contributed by atoms with Crippen molar-refractivity contribution in [3.63, 3.8) is 0 Å². The zero-order valence-corrected chi connectivity index (χ0v) is 25.5. The van der Waals surface area contributed by atoms with Gasteiger partial charge < -0.3 is 30.1 Å². The first-order chi connectivity index (χ1) is 20.5. The molecule has 0 radical (unpaired) electrons. The molecule has 1 aromatic heterocycles. The fraction of sp³-hybridized carbons (Fsp3) is 0.355. The van der Waals surface area contributed by atoms with Gasteiger partial charge in [-0.15, -0.1) is 23.1 Å². The highest BCUT2D eigenvalue weighted by Crippen LogP contribution is 2.40. The first-order valence-corrected chi connectivity index (χ1v) is 15.7. The van der Waals surface area contributed by atoms with E-state index >= 15 is 0 Å². The number of hydrogen-bond acceptors (Lipinski definition) is 9. The smallest absolute Gasteiger partial charge is 0.408 e. The second-order valence-corrected chi connectivity index (χ2v) is 13.3. The molecule has 0 aliphatic carbocycles. The second-order valence-electron chi connectivity index (χ2n) is 11.2. The molecular weight excluding hydrogens is 590 g/mol. The van der Waals surface area contributed by atoms with Crippen molar-refractivity contribution in [3.05, 3.63) is 94.2 Å². The maximum Gasteiger partial charge on any atom is 0.408 e. The molecule has 2 fully saturated rings. The Morgan fingerprint density at radius 2 is 1.60 bits per heavy atom. The lowest BCUT2D eigenvalue weighted by Gasteiger charge is -2.53. The maximum absolute atomic E-state index is 13.6. The normalized spacial score (nSPS) is 22.2. The minimum Gasteiger partial charge on any atom is -0.451 e. The van der Waals surface area contributed by atoms with Gasteiger partial charge in [-0.3, -0.25) is 9.59 Å². The van der Waals surface area contributed by atoms with Crippen molar-refractivity contribution in [3.8, 4) is 0 Å². The largest absolute Gasteiger partial charge is 0.451 e. The lowest BCUT2D eigenvalue weighted by Crippen LogP contribution is -2.77. The Hall–Kier alpha value is -3.87. The molecule has 2 unspecified atom stereocenters. The third-order valence-electron chi connectivity index (χ3n) is 6.91. The van der Waals surface area contributed by atoms with Gasteiger partial charge in [0, 0.05) is 10.6 Å². The van der Waals surface area contributed by atoms with Gasteiger partial charge in [0.2, 0.25) is 11.8 Å². The number of aliphatic hydroxyl groups excluding tert-OH is 1. The number of amides is 3. The molecule has 12 heteroatoms. The minimum atomic E-state index is -1.24. The number of nitrogens with one attached hydrogen (secondary N) is 2. The van der Waals surface area contributed by atoms with E-state index in [1.165, 1.54) is 28.0 Å². The molecule has 0 spiro atoms. The molecule has 5 atom stereocenters. The van der Waals surface area contributed by atoms with Crippen LogP contribution in [-0.4, -0.2) is 68.8 Å². The highest BCUT2D eigenvalue weighted by atomic mass is 32.2. The molecular formula is C31H33N3O7S2. The summed E-state index contributed by atoms with van der Waals surface area (Å²) in [5.41, 5.74) is 0.722. The average molecular weight is 624 g/mol. The Kier molecular flexibility index (Phi) is 9.09. The topological polar surface area (TPSA) is 134 Å². The zero-order chi connectivity index (χ0) is 30.7. The number of ether oxygens (including phenoxy) is 2. The molecule has 43 heavy (non-hydrogen) atoms. The SMILES string of the molecule is CC(C)(C)OC(=O)NC(C(=O)N[C@@H]1C(=O)N2[C@@H](C(=O)OC(c3ccccc3)c3ccccc3)C(O)CS[C@@H]12)c1cccs1. The van der Waals surface area contributed by atoms with E-state index in [-0.39, 0.29) is 5.75 Å². The predicted molar refractivity (Wildman–Crippen MR) is 162 cm³/mol. The molecule has 10 nitrogen and oxygen atoms in total. The molecule has 3 N–H and O–H groups in total. The molecule has 2 aliphatic heterocycles. The summed E-state index contributed by atoms with van der Waals surface area (Å²) in [4.78, 5) is 54.8. The van der Waals surface area contributed by atoms with Crippen molar-refractivity contribution >= 4 is 47.0 Å². The zero-order valence-electron chi connectivity index (χ0n) is 23.8. The first-order valence-electron chi connectivity index (χ1n) is 13.8. The number of carbonyl (C=O) groups is 4. The van der Waals surface area contributed by atoms with Crippen molar-refractivity contribution in [1.82, 2.24) is 15.5 Å². The van der Waals surface area contributed by atoms with Crippen LogP contribution in [0.2, 0.25) is 0 Å². The number of rotatable bonds is 8. The number of aliphatic hydroxyl groups is 1. The third-order valence-corrected chi connectivity index (χ3v) is 9.22.